The normalized spacial score (nSPS) is 18.7. The third-order valence-electron chi connectivity index (χ3n) is 3.08. The lowest BCUT2D eigenvalue weighted by Gasteiger charge is -2.22. The molecule has 3 nitrogen and oxygen atoms in total. The Kier molecular flexibility index (Phi) is 3.41. The van der Waals surface area contributed by atoms with Crippen LogP contribution in [0.25, 0.3) is 0 Å². The molecule has 0 spiro atoms. The van der Waals surface area contributed by atoms with E-state index in [1.165, 1.54) is 0 Å². The third-order valence-corrected chi connectivity index (χ3v) is 3.84. The van der Waals surface area contributed by atoms with Gasteiger partial charge in [0.05, 0.1) is 11.9 Å². The zero-order valence-electron chi connectivity index (χ0n) is 9.53. The van der Waals surface area contributed by atoms with Gasteiger partial charge in [0, 0.05) is 17.0 Å². The van der Waals surface area contributed by atoms with E-state index in [0.717, 1.165) is 34.0 Å². The molecule has 1 aliphatic heterocycles. The maximum atomic E-state index is 5.90. The van der Waals surface area contributed by atoms with Crippen LogP contribution in [0.1, 0.15) is 28.7 Å². The summed E-state index contributed by atoms with van der Waals surface area (Å²) >= 11 is 9.31. The standard InChI is InChI=1S/C13H11BrClNO2/c14-7-11-10-5-6-17-13(12(10)16-18-11)8-1-3-9(15)4-2-8/h1-4,13H,5-7H2. The van der Waals surface area contributed by atoms with Crippen LogP contribution in [0.2, 0.25) is 5.02 Å². The Labute approximate surface area is 118 Å². The second kappa shape index (κ2) is 5.03. The van der Waals surface area contributed by atoms with Crippen molar-refractivity contribution in [3.05, 3.63) is 51.9 Å². The molecule has 5 heteroatoms. The van der Waals surface area contributed by atoms with E-state index >= 15 is 0 Å². The van der Waals surface area contributed by atoms with Crippen LogP contribution in [0, 0.1) is 0 Å². The summed E-state index contributed by atoms with van der Waals surface area (Å²) in [6.07, 6.45) is 0.701. The van der Waals surface area contributed by atoms with Crippen molar-refractivity contribution in [2.45, 2.75) is 17.9 Å². The van der Waals surface area contributed by atoms with Crippen LogP contribution in [0.3, 0.4) is 0 Å². The van der Waals surface area contributed by atoms with Crippen LogP contribution in [-0.2, 0) is 16.5 Å². The quantitative estimate of drug-likeness (QED) is 0.785. The molecule has 0 radical (unpaired) electrons. The number of ether oxygens (including phenoxy) is 1. The number of benzene rings is 1. The average Bonchev–Trinajstić information content (AvgIpc) is 2.82. The molecule has 0 fully saturated rings. The fraction of sp³-hybridized carbons (Fsp3) is 0.308. The number of fused-ring (bicyclic) bond motifs is 1. The van der Waals surface area contributed by atoms with Gasteiger partial charge >= 0.3 is 0 Å². The van der Waals surface area contributed by atoms with E-state index in [2.05, 4.69) is 21.1 Å². The molecule has 0 saturated carbocycles. The number of alkyl halides is 1. The van der Waals surface area contributed by atoms with Gasteiger partial charge in [0.1, 0.15) is 11.8 Å². The van der Waals surface area contributed by atoms with Crippen molar-refractivity contribution >= 4 is 27.5 Å². The Balaban J connectivity index is 2.00. The highest BCUT2D eigenvalue weighted by Gasteiger charge is 2.28. The molecule has 3 rings (SSSR count). The highest BCUT2D eigenvalue weighted by atomic mass is 79.9. The molecule has 94 valence electrons. The van der Waals surface area contributed by atoms with Crippen molar-refractivity contribution in [2.24, 2.45) is 0 Å². The lowest BCUT2D eigenvalue weighted by molar-refractivity contribution is 0.0657. The van der Waals surface area contributed by atoms with Crippen molar-refractivity contribution in [1.82, 2.24) is 5.16 Å². The zero-order valence-corrected chi connectivity index (χ0v) is 11.9. The predicted molar refractivity (Wildman–Crippen MR) is 72.1 cm³/mol. The summed E-state index contributed by atoms with van der Waals surface area (Å²) in [5.41, 5.74) is 3.10. The highest BCUT2D eigenvalue weighted by Crippen LogP contribution is 2.34. The topological polar surface area (TPSA) is 35.3 Å². The fourth-order valence-electron chi connectivity index (χ4n) is 2.19. The Morgan fingerprint density at radius 1 is 1.33 bits per heavy atom. The van der Waals surface area contributed by atoms with Gasteiger partial charge in [0.15, 0.2) is 5.76 Å². The van der Waals surface area contributed by atoms with E-state index in [1.54, 1.807) is 0 Å². The molecule has 18 heavy (non-hydrogen) atoms. The number of hydrogen-bond donors (Lipinski definition) is 0. The third kappa shape index (κ3) is 2.09. The van der Waals surface area contributed by atoms with Crippen LogP contribution in [-0.4, -0.2) is 11.8 Å². The Morgan fingerprint density at radius 3 is 2.83 bits per heavy atom. The number of rotatable bonds is 2. The summed E-state index contributed by atoms with van der Waals surface area (Å²) in [6, 6.07) is 7.65. The lowest BCUT2D eigenvalue weighted by Crippen LogP contribution is -2.17. The second-order valence-corrected chi connectivity index (χ2v) is 5.15. The molecule has 1 aromatic heterocycles. The van der Waals surface area contributed by atoms with Crippen molar-refractivity contribution in [1.29, 1.82) is 0 Å². The van der Waals surface area contributed by atoms with Crippen molar-refractivity contribution in [3.8, 4) is 0 Å². The average molecular weight is 329 g/mol. The fourth-order valence-corrected chi connectivity index (χ4v) is 2.75. The lowest BCUT2D eigenvalue weighted by atomic mass is 9.98. The number of hydrogen-bond acceptors (Lipinski definition) is 3. The Morgan fingerprint density at radius 2 is 2.11 bits per heavy atom. The molecule has 0 amide bonds. The summed E-state index contributed by atoms with van der Waals surface area (Å²) in [7, 11) is 0. The van der Waals surface area contributed by atoms with Crippen molar-refractivity contribution < 1.29 is 9.26 Å². The summed E-state index contributed by atoms with van der Waals surface area (Å²) in [5, 5.41) is 5.55. The molecule has 2 heterocycles. The molecular formula is C13H11BrClNO2. The predicted octanol–water partition coefficient (Wildman–Crippen LogP) is 3.89. The van der Waals surface area contributed by atoms with Crippen LogP contribution in [0.4, 0.5) is 0 Å². The monoisotopic (exact) mass is 327 g/mol. The molecule has 1 aromatic carbocycles. The maximum absolute atomic E-state index is 5.90. The first-order valence-corrected chi connectivity index (χ1v) is 7.20. The van der Waals surface area contributed by atoms with E-state index in [1.807, 2.05) is 24.3 Å². The maximum Gasteiger partial charge on any atom is 0.150 e. The summed E-state index contributed by atoms with van der Waals surface area (Å²) < 4.78 is 11.1. The van der Waals surface area contributed by atoms with Gasteiger partial charge in [-0.25, -0.2) is 0 Å². The molecule has 0 aliphatic carbocycles. The zero-order chi connectivity index (χ0) is 12.5. The second-order valence-electron chi connectivity index (χ2n) is 4.16. The SMILES string of the molecule is Clc1ccc(C2OCCc3c2noc3CBr)cc1. The van der Waals surface area contributed by atoms with Gasteiger partial charge < -0.3 is 9.26 Å². The van der Waals surface area contributed by atoms with E-state index in [4.69, 9.17) is 20.9 Å². The van der Waals surface area contributed by atoms with Crippen LogP contribution < -0.4 is 0 Å². The van der Waals surface area contributed by atoms with Gasteiger partial charge in [-0.15, -0.1) is 0 Å². The summed E-state index contributed by atoms with van der Waals surface area (Å²) in [4.78, 5) is 0. The number of nitrogens with zero attached hydrogens (tertiary/aromatic N) is 1. The first-order chi connectivity index (χ1) is 8.79. The molecular weight excluding hydrogens is 318 g/mol. The first-order valence-electron chi connectivity index (χ1n) is 5.70. The van der Waals surface area contributed by atoms with Gasteiger partial charge in [0.25, 0.3) is 0 Å². The minimum Gasteiger partial charge on any atom is -0.367 e. The van der Waals surface area contributed by atoms with Crippen molar-refractivity contribution in [3.63, 3.8) is 0 Å². The molecule has 1 atom stereocenters. The van der Waals surface area contributed by atoms with E-state index in [-0.39, 0.29) is 6.10 Å². The highest BCUT2D eigenvalue weighted by molar-refractivity contribution is 9.08. The number of halogens is 2. The molecule has 0 saturated heterocycles. The van der Waals surface area contributed by atoms with E-state index in [0.29, 0.717) is 11.9 Å². The molecule has 0 bridgehead atoms. The van der Waals surface area contributed by atoms with Gasteiger partial charge in [-0.3, -0.25) is 0 Å². The largest absolute Gasteiger partial charge is 0.367 e. The van der Waals surface area contributed by atoms with Gasteiger partial charge in [0.2, 0.25) is 0 Å². The first kappa shape index (κ1) is 12.2. The number of aromatic nitrogens is 1. The van der Waals surface area contributed by atoms with Crippen LogP contribution in [0.5, 0.6) is 0 Å². The van der Waals surface area contributed by atoms with Gasteiger partial charge in [-0.05, 0) is 17.7 Å². The summed E-state index contributed by atoms with van der Waals surface area (Å²) in [6.45, 7) is 0.682. The molecule has 1 aliphatic rings. The van der Waals surface area contributed by atoms with E-state index in [9.17, 15) is 0 Å². The van der Waals surface area contributed by atoms with Gasteiger partial charge in [-0.1, -0.05) is 44.8 Å². The Hall–Kier alpha value is -0.840. The van der Waals surface area contributed by atoms with Crippen LogP contribution >= 0.6 is 27.5 Å². The van der Waals surface area contributed by atoms with Crippen LogP contribution in [0.15, 0.2) is 28.8 Å². The Bertz CT molecular complexity index is 553. The summed E-state index contributed by atoms with van der Waals surface area (Å²) in [5.74, 6) is 0.896. The van der Waals surface area contributed by atoms with Gasteiger partial charge in [-0.2, -0.15) is 0 Å². The van der Waals surface area contributed by atoms with E-state index < -0.39 is 0 Å². The minimum absolute atomic E-state index is 0.150. The smallest absolute Gasteiger partial charge is 0.150 e. The van der Waals surface area contributed by atoms with Crippen molar-refractivity contribution in [2.75, 3.05) is 6.61 Å². The minimum atomic E-state index is -0.150. The molecule has 0 N–H and O–H groups in total. The molecule has 1 unspecified atom stereocenters. The molecule has 2 aromatic rings.